The summed E-state index contributed by atoms with van der Waals surface area (Å²) in [6, 6.07) is 14.8. The number of benzene rings is 2. The molecule has 3 aromatic heterocycles. The van der Waals surface area contributed by atoms with Gasteiger partial charge >= 0.3 is 0 Å². The van der Waals surface area contributed by atoms with Crippen molar-refractivity contribution < 1.29 is 4.74 Å². The molecule has 5 heteroatoms. The number of aryl methyl sites for hydroxylation is 5. The molecule has 0 saturated carbocycles. The Labute approximate surface area is 188 Å². The van der Waals surface area contributed by atoms with Crippen LogP contribution in [0.25, 0.3) is 27.8 Å². The van der Waals surface area contributed by atoms with E-state index in [-0.39, 0.29) is 0 Å². The lowest BCUT2D eigenvalue weighted by atomic mass is 9.94. The smallest absolute Gasteiger partial charge is 0.165 e. The van der Waals surface area contributed by atoms with E-state index in [1.54, 1.807) is 7.11 Å². The Balaban J connectivity index is 1.74. The molecule has 0 fully saturated rings. The normalized spacial score (nSPS) is 11.6. The van der Waals surface area contributed by atoms with E-state index in [2.05, 4.69) is 75.7 Å². The maximum absolute atomic E-state index is 5.30. The Morgan fingerprint density at radius 3 is 2.19 bits per heavy atom. The molecule has 0 saturated heterocycles. The molecule has 5 rings (SSSR count). The van der Waals surface area contributed by atoms with Crippen LogP contribution in [0.4, 0.5) is 0 Å². The van der Waals surface area contributed by atoms with Gasteiger partial charge in [-0.2, -0.15) is 9.61 Å². The van der Waals surface area contributed by atoms with Crippen LogP contribution < -0.4 is 4.74 Å². The Morgan fingerprint density at radius 2 is 1.53 bits per heavy atom. The molecule has 3 heterocycles. The summed E-state index contributed by atoms with van der Waals surface area (Å²) in [5.41, 5.74) is 11.4. The maximum Gasteiger partial charge on any atom is 0.165 e. The van der Waals surface area contributed by atoms with Gasteiger partial charge in [-0.25, -0.2) is 4.98 Å². The predicted molar refractivity (Wildman–Crippen MR) is 130 cm³/mol. The number of hydrogen-bond acceptors (Lipinski definition) is 3. The first kappa shape index (κ1) is 20.3. The molecule has 0 aliphatic carbocycles. The maximum atomic E-state index is 5.30. The van der Waals surface area contributed by atoms with Crippen LogP contribution in [0.15, 0.2) is 48.7 Å². The van der Waals surface area contributed by atoms with Crippen LogP contribution in [-0.2, 0) is 6.54 Å². The molecule has 0 atom stereocenters. The van der Waals surface area contributed by atoms with Crippen LogP contribution >= 0.6 is 0 Å². The fourth-order valence-electron chi connectivity index (χ4n) is 4.89. The Morgan fingerprint density at radius 1 is 0.844 bits per heavy atom. The van der Waals surface area contributed by atoms with E-state index >= 15 is 0 Å². The Bertz CT molecular complexity index is 1450. The average Bonchev–Trinajstić information content (AvgIpc) is 3.30. The SMILES string of the molecule is COc1ccc(Cn2ccc3c(C)nc4c(-c5c(C)cc(C)cc5C)c(C)nn4c32)cc1. The van der Waals surface area contributed by atoms with Crippen molar-refractivity contribution in [3.05, 3.63) is 82.3 Å². The standard InChI is InChI=1S/C27H28N4O/c1-16-13-17(2)24(18(3)14-16)25-20(5)29-31-26(25)28-19(4)23-11-12-30(27(23)31)15-21-7-9-22(32-6)10-8-21/h7-14H,15H2,1-6H3. The molecular formula is C27H28N4O. The fraction of sp³-hybridized carbons (Fsp3) is 0.259. The zero-order valence-electron chi connectivity index (χ0n) is 19.5. The zero-order chi connectivity index (χ0) is 22.6. The first-order chi connectivity index (χ1) is 15.4. The van der Waals surface area contributed by atoms with Crippen molar-refractivity contribution in [2.75, 3.05) is 7.11 Å². The van der Waals surface area contributed by atoms with E-state index in [0.717, 1.165) is 45.9 Å². The number of aromatic nitrogens is 4. The lowest BCUT2D eigenvalue weighted by molar-refractivity contribution is 0.414. The molecule has 32 heavy (non-hydrogen) atoms. The summed E-state index contributed by atoms with van der Waals surface area (Å²) in [7, 11) is 1.69. The highest BCUT2D eigenvalue weighted by atomic mass is 16.5. The fourth-order valence-corrected chi connectivity index (χ4v) is 4.89. The van der Waals surface area contributed by atoms with Gasteiger partial charge in [-0.15, -0.1) is 0 Å². The van der Waals surface area contributed by atoms with Crippen molar-refractivity contribution in [2.24, 2.45) is 0 Å². The molecule has 0 spiro atoms. The van der Waals surface area contributed by atoms with E-state index < -0.39 is 0 Å². The lowest BCUT2D eigenvalue weighted by Gasteiger charge is -2.12. The second-order valence-corrected chi connectivity index (χ2v) is 8.70. The summed E-state index contributed by atoms with van der Waals surface area (Å²) < 4.78 is 9.58. The number of ether oxygens (including phenoxy) is 1. The minimum atomic E-state index is 0.753. The second-order valence-electron chi connectivity index (χ2n) is 8.70. The van der Waals surface area contributed by atoms with E-state index in [1.807, 2.05) is 16.6 Å². The number of methoxy groups -OCH3 is 1. The zero-order valence-corrected chi connectivity index (χ0v) is 19.5. The van der Waals surface area contributed by atoms with Gasteiger partial charge in [0.25, 0.3) is 0 Å². The second kappa shape index (κ2) is 7.52. The van der Waals surface area contributed by atoms with Gasteiger partial charge in [-0.05, 0) is 75.1 Å². The van der Waals surface area contributed by atoms with Gasteiger partial charge in [0.05, 0.1) is 24.1 Å². The molecule has 0 N–H and O–H groups in total. The van der Waals surface area contributed by atoms with Crippen LogP contribution in [0.1, 0.15) is 33.6 Å². The average molecular weight is 425 g/mol. The molecule has 0 aliphatic rings. The summed E-state index contributed by atoms with van der Waals surface area (Å²) in [5.74, 6) is 0.865. The van der Waals surface area contributed by atoms with Gasteiger partial charge in [-0.3, -0.25) is 0 Å². The van der Waals surface area contributed by atoms with Crippen LogP contribution in [0, 0.1) is 34.6 Å². The molecule has 0 bridgehead atoms. The van der Waals surface area contributed by atoms with Gasteiger partial charge in [0.1, 0.15) is 11.4 Å². The minimum Gasteiger partial charge on any atom is -0.497 e. The minimum absolute atomic E-state index is 0.753. The van der Waals surface area contributed by atoms with Crippen molar-refractivity contribution in [1.29, 1.82) is 0 Å². The Hall–Kier alpha value is -3.60. The first-order valence-electron chi connectivity index (χ1n) is 10.9. The van der Waals surface area contributed by atoms with Gasteiger partial charge in [0.2, 0.25) is 0 Å². The largest absolute Gasteiger partial charge is 0.497 e. The molecule has 162 valence electrons. The van der Waals surface area contributed by atoms with Crippen LogP contribution in [-0.4, -0.2) is 26.3 Å². The summed E-state index contributed by atoms with van der Waals surface area (Å²) in [5, 5.41) is 6.10. The highest BCUT2D eigenvalue weighted by Gasteiger charge is 2.21. The highest BCUT2D eigenvalue weighted by molar-refractivity contribution is 5.89. The van der Waals surface area contributed by atoms with E-state index in [4.69, 9.17) is 14.8 Å². The van der Waals surface area contributed by atoms with Crippen LogP contribution in [0.2, 0.25) is 0 Å². The molecule has 5 nitrogen and oxygen atoms in total. The molecule has 0 aliphatic heterocycles. The van der Waals surface area contributed by atoms with Gasteiger partial charge in [0, 0.05) is 18.1 Å². The quantitative estimate of drug-likeness (QED) is 0.358. The molecular weight excluding hydrogens is 396 g/mol. The topological polar surface area (TPSA) is 44.3 Å². The van der Waals surface area contributed by atoms with E-state index in [0.29, 0.717) is 0 Å². The number of rotatable bonds is 4. The summed E-state index contributed by atoms with van der Waals surface area (Å²) >= 11 is 0. The summed E-state index contributed by atoms with van der Waals surface area (Å²) in [6.45, 7) is 11.4. The molecule has 0 radical (unpaired) electrons. The van der Waals surface area contributed by atoms with Crippen molar-refractivity contribution >= 4 is 16.7 Å². The van der Waals surface area contributed by atoms with Crippen molar-refractivity contribution in [1.82, 2.24) is 19.2 Å². The van der Waals surface area contributed by atoms with E-state index in [1.165, 1.54) is 27.8 Å². The Kier molecular flexibility index (Phi) is 4.77. The third kappa shape index (κ3) is 3.16. The number of nitrogens with zero attached hydrogens (tertiary/aromatic N) is 4. The van der Waals surface area contributed by atoms with Crippen molar-refractivity contribution in [2.45, 2.75) is 41.2 Å². The van der Waals surface area contributed by atoms with Gasteiger partial charge in [-0.1, -0.05) is 29.8 Å². The van der Waals surface area contributed by atoms with Gasteiger partial charge < -0.3 is 9.30 Å². The number of hydrogen-bond donors (Lipinski definition) is 0. The van der Waals surface area contributed by atoms with Crippen LogP contribution in [0.5, 0.6) is 5.75 Å². The summed E-state index contributed by atoms with van der Waals surface area (Å²) in [6.07, 6.45) is 2.13. The highest BCUT2D eigenvalue weighted by Crippen LogP contribution is 2.35. The molecule has 5 aromatic rings. The van der Waals surface area contributed by atoms with Gasteiger partial charge in [0.15, 0.2) is 5.65 Å². The monoisotopic (exact) mass is 424 g/mol. The van der Waals surface area contributed by atoms with Crippen LogP contribution in [0.3, 0.4) is 0 Å². The third-order valence-electron chi connectivity index (χ3n) is 6.27. The van der Waals surface area contributed by atoms with Crippen molar-refractivity contribution in [3.8, 4) is 16.9 Å². The third-order valence-corrected chi connectivity index (χ3v) is 6.27. The lowest BCUT2D eigenvalue weighted by Crippen LogP contribution is -2.04. The first-order valence-corrected chi connectivity index (χ1v) is 10.9. The molecule has 0 unspecified atom stereocenters. The molecule has 2 aromatic carbocycles. The molecule has 0 amide bonds. The summed E-state index contributed by atoms with van der Waals surface area (Å²) in [4.78, 5) is 5.02. The van der Waals surface area contributed by atoms with Crippen molar-refractivity contribution in [3.63, 3.8) is 0 Å². The number of fused-ring (bicyclic) bond motifs is 3. The predicted octanol–water partition coefficient (Wildman–Crippen LogP) is 5.95. The van der Waals surface area contributed by atoms with E-state index in [9.17, 15) is 0 Å².